The molecular formula is C22H24F2IN5O3. The van der Waals surface area contributed by atoms with E-state index in [2.05, 4.69) is 37.5 Å². The van der Waals surface area contributed by atoms with Crippen LogP contribution in [0.2, 0.25) is 0 Å². The normalized spacial score (nSPS) is 12.4. The van der Waals surface area contributed by atoms with E-state index < -0.39 is 6.61 Å². The maximum absolute atomic E-state index is 12.8. The van der Waals surface area contributed by atoms with Crippen molar-refractivity contribution in [1.29, 1.82) is 0 Å². The summed E-state index contributed by atoms with van der Waals surface area (Å²) in [5.41, 5.74) is 1.66. The largest absolute Gasteiger partial charge is 0.454 e. The van der Waals surface area contributed by atoms with E-state index >= 15 is 0 Å². The van der Waals surface area contributed by atoms with E-state index in [0.29, 0.717) is 36.1 Å². The van der Waals surface area contributed by atoms with Gasteiger partial charge in [-0.05, 0) is 11.6 Å². The molecule has 0 saturated heterocycles. The number of fused-ring (bicyclic) bond motifs is 1. The molecular weight excluding hydrogens is 547 g/mol. The van der Waals surface area contributed by atoms with E-state index in [-0.39, 0.29) is 43.1 Å². The molecule has 2 N–H and O–H groups in total. The summed E-state index contributed by atoms with van der Waals surface area (Å²) in [7, 11) is 1.63. The summed E-state index contributed by atoms with van der Waals surface area (Å²) in [5, 5.41) is 6.29. The minimum atomic E-state index is -2.95. The molecule has 11 heteroatoms. The monoisotopic (exact) mass is 571 g/mol. The molecule has 1 aromatic heterocycles. The zero-order valence-corrected chi connectivity index (χ0v) is 20.2. The van der Waals surface area contributed by atoms with Crippen LogP contribution in [-0.2, 0) is 19.6 Å². The summed E-state index contributed by atoms with van der Waals surface area (Å²) in [4.78, 5) is 8.60. The Morgan fingerprint density at radius 2 is 1.88 bits per heavy atom. The third kappa shape index (κ3) is 6.46. The summed E-state index contributed by atoms with van der Waals surface area (Å²) in [6, 6.07) is 13.1. The fourth-order valence-corrected chi connectivity index (χ4v) is 3.30. The molecule has 0 bridgehead atoms. The van der Waals surface area contributed by atoms with Gasteiger partial charge in [0.15, 0.2) is 17.5 Å². The Hall–Kier alpha value is -3.09. The predicted octanol–water partition coefficient (Wildman–Crippen LogP) is 3.74. The van der Waals surface area contributed by atoms with Crippen molar-refractivity contribution < 1.29 is 23.0 Å². The van der Waals surface area contributed by atoms with E-state index in [4.69, 9.17) is 9.47 Å². The number of aliphatic imine (C=N–C) groups is 1. The van der Waals surface area contributed by atoms with Gasteiger partial charge in [-0.2, -0.15) is 8.78 Å². The number of halogens is 3. The number of guanidine groups is 1. The van der Waals surface area contributed by atoms with Crippen molar-refractivity contribution in [2.24, 2.45) is 4.99 Å². The average molecular weight is 571 g/mol. The number of nitrogens with zero attached hydrogens (tertiary/aromatic N) is 3. The lowest BCUT2D eigenvalue weighted by molar-refractivity contribution is -0.0505. The number of nitrogens with one attached hydrogen (secondary N) is 2. The zero-order valence-electron chi connectivity index (χ0n) is 17.8. The van der Waals surface area contributed by atoms with Crippen molar-refractivity contribution in [3.05, 3.63) is 71.8 Å². The van der Waals surface area contributed by atoms with Crippen molar-refractivity contribution >= 4 is 29.9 Å². The predicted molar refractivity (Wildman–Crippen MR) is 129 cm³/mol. The van der Waals surface area contributed by atoms with Gasteiger partial charge >= 0.3 is 6.61 Å². The molecule has 0 radical (unpaired) electrons. The molecule has 0 aliphatic carbocycles. The van der Waals surface area contributed by atoms with Crippen LogP contribution < -0.4 is 24.8 Å². The van der Waals surface area contributed by atoms with Crippen LogP contribution in [0.1, 0.15) is 17.0 Å². The second-order valence-corrected chi connectivity index (χ2v) is 6.93. The highest BCUT2D eigenvalue weighted by Crippen LogP contribution is 2.38. The lowest BCUT2D eigenvalue weighted by Gasteiger charge is -2.15. The van der Waals surface area contributed by atoms with Gasteiger partial charge in [-0.15, -0.1) is 24.0 Å². The van der Waals surface area contributed by atoms with Gasteiger partial charge in [0.2, 0.25) is 6.79 Å². The third-order valence-electron chi connectivity index (χ3n) is 4.85. The van der Waals surface area contributed by atoms with Crippen molar-refractivity contribution in [2.75, 3.05) is 13.8 Å². The van der Waals surface area contributed by atoms with Crippen LogP contribution in [0.15, 0.2) is 59.9 Å². The third-order valence-corrected chi connectivity index (χ3v) is 4.85. The number of alkyl halides is 2. The van der Waals surface area contributed by atoms with Crippen LogP contribution in [-0.4, -0.2) is 36.0 Å². The van der Waals surface area contributed by atoms with Crippen molar-refractivity contribution in [3.8, 4) is 17.2 Å². The number of aromatic nitrogens is 2. The molecule has 2 aromatic carbocycles. The van der Waals surface area contributed by atoms with Crippen molar-refractivity contribution in [1.82, 2.24) is 20.2 Å². The summed E-state index contributed by atoms with van der Waals surface area (Å²) in [6.45, 7) is -1.58. The quantitative estimate of drug-likeness (QED) is 0.244. The van der Waals surface area contributed by atoms with Gasteiger partial charge < -0.3 is 29.4 Å². The molecule has 0 atom stereocenters. The number of hydrogen-bond donors (Lipinski definition) is 2. The van der Waals surface area contributed by atoms with E-state index in [0.717, 1.165) is 5.82 Å². The van der Waals surface area contributed by atoms with Gasteiger partial charge in [0.05, 0.1) is 6.54 Å². The van der Waals surface area contributed by atoms with Gasteiger partial charge in [-0.3, -0.25) is 4.99 Å². The van der Waals surface area contributed by atoms with Gasteiger partial charge in [0.1, 0.15) is 11.6 Å². The Balaban J connectivity index is 0.00000306. The highest BCUT2D eigenvalue weighted by molar-refractivity contribution is 14.0. The highest BCUT2D eigenvalue weighted by atomic mass is 127. The molecule has 2 heterocycles. The lowest BCUT2D eigenvalue weighted by Crippen LogP contribution is -2.37. The van der Waals surface area contributed by atoms with Crippen LogP contribution in [0.25, 0.3) is 0 Å². The number of rotatable bonds is 8. The zero-order chi connectivity index (χ0) is 22.3. The van der Waals surface area contributed by atoms with Crippen LogP contribution in [0.3, 0.4) is 0 Å². The second kappa shape index (κ2) is 11.7. The Morgan fingerprint density at radius 1 is 1.15 bits per heavy atom. The van der Waals surface area contributed by atoms with Gasteiger partial charge in [0, 0.05) is 44.2 Å². The standard InChI is InChI=1S/C22H23F2N5O3.HI/c1-25-22(28-12-20-26-7-8-29(20)13-15-5-3-2-4-6-15)27-11-16-9-18-19(31-14-30-18)10-17(16)32-21(23)24;/h2-10,21H,11-14H2,1H3,(H2,25,27,28);1H. The van der Waals surface area contributed by atoms with Crippen LogP contribution in [0.4, 0.5) is 8.78 Å². The van der Waals surface area contributed by atoms with Crippen LogP contribution in [0, 0.1) is 0 Å². The average Bonchev–Trinajstić information content (AvgIpc) is 3.43. The molecule has 3 aromatic rings. The molecule has 0 saturated carbocycles. The van der Waals surface area contributed by atoms with Gasteiger partial charge in [-0.1, -0.05) is 30.3 Å². The van der Waals surface area contributed by atoms with Crippen molar-refractivity contribution in [3.63, 3.8) is 0 Å². The Bertz CT molecular complexity index is 1080. The van der Waals surface area contributed by atoms with E-state index in [1.165, 1.54) is 11.6 Å². The molecule has 0 spiro atoms. The Kier molecular flexibility index (Phi) is 8.69. The first-order valence-electron chi connectivity index (χ1n) is 9.98. The summed E-state index contributed by atoms with van der Waals surface area (Å²) in [5.74, 6) is 2.19. The molecule has 33 heavy (non-hydrogen) atoms. The van der Waals surface area contributed by atoms with Crippen LogP contribution >= 0.6 is 24.0 Å². The lowest BCUT2D eigenvalue weighted by atomic mass is 10.1. The Labute approximate surface area is 207 Å². The molecule has 0 amide bonds. The maximum Gasteiger partial charge on any atom is 0.387 e. The first-order valence-corrected chi connectivity index (χ1v) is 9.98. The maximum atomic E-state index is 12.8. The van der Waals surface area contributed by atoms with Gasteiger partial charge in [-0.25, -0.2) is 4.98 Å². The summed E-state index contributed by atoms with van der Waals surface area (Å²) >= 11 is 0. The fraction of sp³-hybridized carbons (Fsp3) is 0.273. The topological polar surface area (TPSA) is 81.9 Å². The van der Waals surface area contributed by atoms with Gasteiger partial charge in [0.25, 0.3) is 0 Å². The molecule has 176 valence electrons. The SMILES string of the molecule is CN=C(NCc1cc2c(cc1OC(F)F)OCO2)NCc1nccn1Cc1ccccc1.I. The molecule has 1 aliphatic rings. The fourth-order valence-electron chi connectivity index (χ4n) is 3.30. The minimum Gasteiger partial charge on any atom is -0.454 e. The summed E-state index contributed by atoms with van der Waals surface area (Å²) < 4.78 is 42.9. The minimum absolute atomic E-state index is 0. The number of imidazole rings is 1. The number of ether oxygens (including phenoxy) is 3. The number of benzene rings is 2. The first-order chi connectivity index (χ1) is 15.6. The molecule has 0 fully saturated rings. The molecule has 1 aliphatic heterocycles. The van der Waals surface area contributed by atoms with E-state index in [1.54, 1.807) is 19.3 Å². The first kappa shape index (κ1) is 24.6. The highest BCUT2D eigenvalue weighted by Gasteiger charge is 2.20. The molecule has 4 rings (SSSR count). The Morgan fingerprint density at radius 3 is 2.61 bits per heavy atom. The molecule has 0 unspecified atom stereocenters. The van der Waals surface area contributed by atoms with E-state index in [9.17, 15) is 8.78 Å². The smallest absolute Gasteiger partial charge is 0.387 e. The second-order valence-electron chi connectivity index (χ2n) is 6.93. The molecule has 8 nitrogen and oxygen atoms in total. The van der Waals surface area contributed by atoms with E-state index in [1.807, 2.05) is 29.0 Å². The summed E-state index contributed by atoms with van der Waals surface area (Å²) in [6.07, 6.45) is 3.66. The number of hydrogen-bond acceptors (Lipinski definition) is 5. The van der Waals surface area contributed by atoms with Crippen LogP contribution in [0.5, 0.6) is 17.2 Å². The van der Waals surface area contributed by atoms with Crippen molar-refractivity contribution in [2.45, 2.75) is 26.2 Å².